The van der Waals surface area contributed by atoms with Crippen LogP contribution in [-0.4, -0.2) is 4.57 Å². The van der Waals surface area contributed by atoms with E-state index in [1.54, 1.807) is 0 Å². The van der Waals surface area contributed by atoms with Gasteiger partial charge in [-0.05, 0) is 83.4 Å². The van der Waals surface area contributed by atoms with E-state index in [9.17, 15) is 0 Å². The SMILES string of the molecule is c1ccc(-c2cccc(-c3c(N(c4ccccc4)c4ccc5c(c4)oc4ccccc45)ccc4c3c3ccccc3n4-c3ccccc3)c2)cc1. The fourth-order valence-electron chi connectivity index (χ4n) is 7.73. The molecule has 0 aliphatic carbocycles. The summed E-state index contributed by atoms with van der Waals surface area (Å²) in [5, 5.41) is 4.65. The van der Waals surface area contributed by atoms with E-state index < -0.39 is 0 Å². The van der Waals surface area contributed by atoms with Crippen LogP contribution in [0.5, 0.6) is 0 Å². The molecular formula is C48H32N2O. The van der Waals surface area contributed by atoms with Crippen molar-refractivity contribution in [3.8, 4) is 27.9 Å². The van der Waals surface area contributed by atoms with Gasteiger partial charge in [-0.2, -0.15) is 0 Å². The third kappa shape index (κ3) is 4.82. The molecule has 2 aromatic heterocycles. The van der Waals surface area contributed by atoms with E-state index in [4.69, 9.17) is 4.42 Å². The molecule has 8 aromatic carbocycles. The zero-order chi connectivity index (χ0) is 33.7. The molecule has 10 aromatic rings. The van der Waals surface area contributed by atoms with Crippen LogP contribution < -0.4 is 4.90 Å². The lowest BCUT2D eigenvalue weighted by Gasteiger charge is -2.28. The van der Waals surface area contributed by atoms with Crippen LogP contribution in [0.3, 0.4) is 0 Å². The van der Waals surface area contributed by atoms with Crippen LogP contribution in [0.4, 0.5) is 17.1 Å². The summed E-state index contributed by atoms with van der Waals surface area (Å²) in [7, 11) is 0. The molecule has 0 fully saturated rings. The number of rotatable bonds is 6. The fraction of sp³-hybridized carbons (Fsp3) is 0. The number of aromatic nitrogens is 1. The summed E-state index contributed by atoms with van der Waals surface area (Å²) >= 11 is 0. The van der Waals surface area contributed by atoms with Crippen molar-refractivity contribution in [1.82, 2.24) is 4.57 Å². The van der Waals surface area contributed by atoms with E-state index >= 15 is 0 Å². The molecule has 240 valence electrons. The monoisotopic (exact) mass is 652 g/mol. The Hall–Kier alpha value is -6.84. The standard InChI is InChI=1S/C48H32N2O/c1-4-15-33(16-5-1)34-17-14-18-35(31-34)47-43(29-30-44-48(47)41-24-10-12-25-42(41)50(44)37-21-8-3-9-22-37)49(36-19-6-2-7-20-36)38-27-28-40-39-23-11-13-26-45(39)51-46(40)32-38/h1-32H. The maximum atomic E-state index is 6.44. The maximum absolute atomic E-state index is 6.44. The topological polar surface area (TPSA) is 21.3 Å². The van der Waals surface area contributed by atoms with E-state index in [0.29, 0.717) is 0 Å². The molecule has 10 rings (SSSR count). The molecule has 51 heavy (non-hydrogen) atoms. The molecule has 3 nitrogen and oxygen atoms in total. The molecule has 0 saturated carbocycles. The summed E-state index contributed by atoms with van der Waals surface area (Å²) in [4.78, 5) is 2.38. The molecule has 0 aliphatic heterocycles. The Morgan fingerprint density at radius 2 is 1.04 bits per heavy atom. The van der Waals surface area contributed by atoms with Crippen LogP contribution >= 0.6 is 0 Å². The van der Waals surface area contributed by atoms with Crippen LogP contribution in [-0.2, 0) is 0 Å². The molecule has 0 spiro atoms. The summed E-state index contributed by atoms with van der Waals surface area (Å²) in [5.41, 5.74) is 13.1. The molecule has 0 N–H and O–H groups in total. The van der Waals surface area contributed by atoms with Crippen molar-refractivity contribution in [2.24, 2.45) is 0 Å². The third-order valence-electron chi connectivity index (χ3n) is 9.97. The van der Waals surface area contributed by atoms with Gasteiger partial charge in [0, 0.05) is 50.2 Å². The zero-order valence-electron chi connectivity index (χ0n) is 27.8. The summed E-state index contributed by atoms with van der Waals surface area (Å²) in [6.45, 7) is 0. The minimum atomic E-state index is 0.865. The minimum Gasteiger partial charge on any atom is -0.456 e. The Kier molecular flexibility index (Phi) is 6.81. The lowest BCUT2D eigenvalue weighted by Crippen LogP contribution is -2.11. The molecule has 0 radical (unpaired) electrons. The quantitative estimate of drug-likeness (QED) is 0.178. The predicted molar refractivity (Wildman–Crippen MR) is 214 cm³/mol. The number of hydrogen-bond donors (Lipinski definition) is 0. The van der Waals surface area contributed by atoms with Crippen molar-refractivity contribution in [1.29, 1.82) is 0 Å². The summed E-state index contributed by atoms with van der Waals surface area (Å²) < 4.78 is 8.84. The number of para-hydroxylation sites is 4. The maximum Gasteiger partial charge on any atom is 0.137 e. The van der Waals surface area contributed by atoms with Crippen molar-refractivity contribution in [3.05, 3.63) is 194 Å². The average Bonchev–Trinajstić information content (AvgIpc) is 3.74. The second kappa shape index (κ2) is 11.9. The predicted octanol–water partition coefficient (Wildman–Crippen LogP) is 13.5. The van der Waals surface area contributed by atoms with Gasteiger partial charge in [-0.15, -0.1) is 0 Å². The van der Waals surface area contributed by atoms with Gasteiger partial charge < -0.3 is 13.9 Å². The average molecular weight is 653 g/mol. The smallest absolute Gasteiger partial charge is 0.137 e. The first-order valence-electron chi connectivity index (χ1n) is 17.4. The second-order valence-electron chi connectivity index (χ2n) is 12.9. The molecule has 2 heterocycles. The second-order valence-corrected chi connectivity index (χ2v) is 12.9. The van der Waals surface area contributed by atoms with Crippen molar-refractivity contribution in [2.75, 3.05) is 4.90 Å². The van der Waals surface area contributed by atoms with Crippen LogP contribution in [0.1, 0.15) is 0 Å². The van der Waals surface area contributed by atoms with Gasteiger partial charge in [0.1, 0.15) is 11.2 Å². The lowest BCUT2D eigenvalue weighted by molar-refractivity contribution is 0.669. The first-order chi connectivity index (χ1) is 25.3. The Labute approximate surface area is 295 Å². The van der Waals surface area contributed by atoms with Crippen LogP contribution in [0.15, 0.2) is 199 Å². The fourth-order valence-corrected chi connectivity index (χ4v) is 7.73. The van der Waals surface area contributed by atoms with Gasteiger partial charge in [0.2, 0.25) is 0 Å². The van der Waals surface area contributed by atoms with Crippen molar-refractivity contribution >= 4 is 60.8 Å². The lowest BCUT2D eigenvalue weighted by atomic mass is 9.93. The molecule has 0 aliphatic rings. The highest BCUT2D eigenvalue weighted by Crippen LogP contribution is 2.48. The van der Waals surface area contributed by atoms with E-state index in [0.717, 1.165) is 55.8 Å². The zero-order valence-corrected chi connectivity index (χ0v) is 27.8. The van der Waals surface area contributed by atoms with E-state index in [1.165, 1.54) is 33.0 Å². The van der Waals surface area contributed by atoms with Crippen LogP contribution in [0, 0.1) is 0 Å². The summed E-state index contributed by atoms with van der Waals surface area (Å²) in [5.74, 6) is 0. The molecule has 0 atom stereocenters. The van der Waals surface area contributed by atoms with Gasteiger partial charge in [-0.1, -0.05) is 121 Å². The van der Waals surface area contributed by atoms with E-state index in [-0.39, 0.29) is 0 Å². The van der Waals surface area contributed by atoms with Crippen molar-refractivity contribution in [2.45, 2.75) is 0 Å². The van der Waals surface area contributed by atoms with Gasteiger partial charge in [-0.3, -0.25) is 0 Å². The Morgan fingerprint density at radius 3 is 1.86 bits per heavy atom. The van der Waals surface area contributed by atoms with Gasteiger partial charge in [0.15, 0.2) is 0 Å². The van der Waals surface area contributed by atoms with E-state index in [2.05, 4.69) is 191 Å². The van der Waals surface area contributed by atoms with Gasteiger partial charge in [0.25, 0.3) is 0 Å². The number of hydrogen-bond acceptors (Lipinski definition) is 2. The number of nitrogens with zero attached hydrogens (tertiary/aromatic N) is 2. The third-order valence-corrected chi connectivity index (χ3v) is 9.97. The highest BCUT2D eigenvalue weighted by atomic mass is 16.3. The van der Waals surface area contributed by atoms with Gasteiger partial charge in [0.05, 0.1) is 16.7 Å². The Bertz CT molecular complexity index is 2850. The largest absolute Gasteiger partial charge is 0.456 e. The highest BCUT2D eigenvalue weighted by molar-refractivity contribution is 6.19. The number of anilines is 3. The van der Waals surface area contributed by atoms with Crippen molar-refractivity contribution < 1.29 is 4.42 Å². The van der Waals surface area contributed by atoms with Crippen molar-refractivity contribution in [3.63, 3.8) is 0 Å². The molecule has 0 unspecified atom stereocenters. The molecule has 0 bridgehead atoms. The van der Waals surface area contributed by atoms with E-state index in [1.807, 2.05) is 12.1 Å². The van der Waals surface area contributed by atoms with Crippen LogP contribution in [0.25, 0.3) is 71.7 Å². The molecule has 3 heteroatoms. The normalized spacial score (nSPS) is 11.5. The highest BCUT2D eigenvalue weighted by Gasteiger charge is 2.24. The molecule has 0 saturated heterocycles. The first kappa shape index (κ1) is 29.1. The minimum absolute atomic E-state index is 0.865. The number of benzene rings is 8. The van der Waals surface area contributed by atoms with Gasteiger partial charge in [-0.25, -0.2) is 0 Å². The summed E-state index contributed by atoms with van der Waals surface area (Å²) in [6, 6.07) is 69.2. The number of fused-ring (bicyclic) bond motifs is 6. The molecular weight excluding hydrogens is 621 g/mol. The van der Waals surface area contributed by atoms with Gasteiger partial charge >= 0.3 is 0 Å². The Morgan fingerprint density at radius 1 is 0.392 bits per heavy atom. The summed E-state index contributed by atoms with van der Waals surface area (Å²) in [6.07, 6.45) is 0. The van der Waals surface area contributed by atoms with Crippen LogP contribution in [0.2, 0.25) is 0 Å². The Balaban J connectivity index is 1.32. The molecule has 0 amide bonds. The first-order valence-corrected chi connectivity index (χ1v) is 17.4. The number of furan rings is 1.